The Balaban J connectivity index is 4.13. The van der Waals surface area contributed by atoms with Crippen LogP contribution in [0.15, 0.2) is 36.5 Å². The molecule has 0 aliphatic heterocycles. The summed E-state index contributed by atoms with van der Waals surface area (Å²) in [4.78, 5) is 25.0. The standard InChI is InChI=1S/C68H130N2O4/c1-5-9-12-15-18-21-23-26-30-33-38-43-51-58-66(72)65(62-71)70-68(74)60-53-44-39-34-31-28-25-24-27-29-32-37-41-48-55-63(8-4)64(56-49-42-36-20-17-14-11-7-3)57-50-45-46-52-59-67(73)69-61-54-47-40-35-22-19-16-13-10-6-2/h20,36,49,51,56,58,63-66,71-72H,5-19,21-35,37-48,50,52-55,57,59-62H2,1-4H3,(H,69,73)(H,70,74). The number of amides is 2. The SMILES string of the molecule is CCCCCC=CCC=CC(CCCCCCC(=O)NCCCCCCCCCCCC)C(CC)CCCCCCCCCCCCCCCCC(=O)NC(CO)C(O)C=CCCCCCCCCCCCCC. The fourth-order valence-electron chi connectivity index (χ4n) is 10.8. The van der Waals surface area contributed by atoms with Gasteiger partial charge in [0.05, 0.1) is 18.8 Å². The number of hydrogen-bond donors (Lipinski definition) is 4. The van der Waals surface area contributed by atoms with E-state index in [1.807, 2.05) is 6.08 Å². The third-order valence-electron chi connectivity index (χ3n) is 16.0. The van der Waals surface area contributed by atoms with Gasteiger partial charge in [-0.3, -0.25) is 9.59 Å². The van der Waals surface area contributed by atoms with Gasteiger partial charge in [-0.1, -0.05) is 308 Å². The normalized spacial score (nSPS) is 13.6. The zero-order valence-corrected chi connectivity index (χ0v) is 50.3. The number of nitrogens with one attached hydrogen (secondary N) is 2. The van der Waals surface area contributed by atoms with E-state index in [0.717, 1.165) is 57.4 Å². The van der Waals surface area contributed by atoms with Crippen LogP contribution in [-0.4, -0.2) is 47.3 Å². The second-order valence-electron chi connectivity index (χ2n) is 23.0. The van der Waals surface area contributed by atoms with Gasteiger partial charge in [0, 0.05) is 19.4 Å². The van der Waals surface area contributed by atoms with Gasteiger partial charge in [-0.05, 0) is 76.0 Å². The Labute approximate surface area is 462 Å². The summed E-state index contributed by atoms with van der Waals surface area (Å²) in [6, 6.07) is -0.632. The number of aliphatic hydroxyl groups excluding tert-OH is 2. The first-order chi connectivity index (χ1) is 36.4. The molecule has 4 unspecified atom stereocenters. The minimum absolute atomic E-state index is 0.0676. The number of unbranched alkanes of at least 4 members (excludes halogenated alkanes) is 39. The molecule has 0 aromatic carbocycles. The van der Waals surface area contributed by atoms with Crippen molar-refractivity contribution in [2.45, 2.75) is 361 Å². The molecule has 0 bridgehead atoms. The van der Waals surface area contributed by atoms with Gasteiger partial charge in [-0.15, -0.1) is 0 Å². The van der Waals surface area contributed by atoms with Crippen LogP contribution in [0, 0.1) is 11.8 Å². The Kier molecular flexibility index (Phi) is 58.7. The molecular formula is C68H130N2O4. The van der Waals surface area contributed by atoms with Crippen molar-refractivity contribution in [3.05, 3.63) is 36.5 Å². The molecule has 4 N–H and O–H groups in total. The minimum atomic E-state index is -0.848. The molecule has 2 amide bonds. The smallest absolute Gasteiger partial charge is 0.220 e. The van der Waals surface area contributed by atoms with Gasteiger partial charge < -0.3 is 20.8 Å². The molecule has 0 aromatic rings. The van der Waals surface area contributed by atoms with E-state index < -0.39 is 12.1 Å². The molecule has 0 spiro atoms. The summed E-state index contributed by atoms with van der Waals surface area (Å²) < 4.78 is 0. The molecule has 0 fully saturated rings. The molecular weight excluding hydrogens is 909 g/mol. The largest absolute Gasteiger partial charge is 0.394 e. The van der Waals surface area contributed by atoms with E-state index in [9.17, 15) is 19.8 Å². The summed E-state index contributed by atoms with van der Waals surface area (Å²) in [5.41, 5.74) is 0. The van der Waals surface area contributed by atoms with E-state index >= 15 is 0 Å². The lowest BCUT2D eigenvalue weighted by atomic mass is 9.82. The average Bonchev–Trinajstić information content (AvgIpc) is 3.40. The van der Waals surface area contributed by atoms with Crippen LogP contribution in [0.25, 0.3) is 0 Å². The lowest BCUT2D eigenvalue weighted by molar-refractivity contribution is -0.123. The van der Waals surface area contributed by atoms with Gasteiger partial charge in [-0.2, -0.15) is 0 Å². The van der Waals surface area contributed by atoms with E-state index in [2.05, 4.69) is 62.6 Å². The third-order valence-corrected chi connectivity index (χ3v) is 16.0. The highest BCUT2D eigenvalue weighted by molar-refractivity contribution is 5.76. The summed E-state index contributed by atoms with van der Waals surface area (Å²) in [5.74, 6) is 1.65. The maximum atomic E-state index is 12.5. The predicted molar refractivity (Wildman–Crippen MR) is 326 cm³/mol. The maximum absolute atomic E-state index is 12.5. The van der Waals surface area contributed by atoms with Crippen molar-refractivity contribution in [3.8, 4) is 0 Å². The second-order valence-corrected chi connectivity index (χ2v) is 23.0. The molecule has 0 saturated carbocycles. The molecule has 0 aromatic heterocycles. The Hall–Kier alpha value is -1.92. The van der Waals surface area contributed by atoms with Gasteiger partial charge in [0.25, 0.3) is 0 Å². The van der Waals surface area contributed by atoms with Crippen molar-refractivity contribution in [1.29, 1.82) is 0 Å². The molecule has 74 heavy (non-hydrogen) atoms. The molecule has 4 atom stereocenters. The highest BCUT2D eigenvalue weighted by Gasteiger charge is 2.19. The van der Waals surface area contributed by atoms with E-state index in [1.54, 1.807) is 6.08 Å². The third kappa shape index (κ3) is 52.1. The number of carbonyl (C=O) groups is 2. The number of carbonyl (C=O) groups excluding carboxylic acids is 2. The number of rotatable bonds is 60. The zero-order chi connectivity index (χ0) is 53.9. The van der Waals surface area contributed by atoms with Gasteiger partial charge in [0.2, 0.25) is 11.8 Å². The number of allylic oxidation sites excluding steroid dienone is 5. The fourth-order valence-corrected chi connectivity index (χ4v) is 10.8. The minimum Gasteiger partial charge on any atom is -0.394 e. The summed E-state index contributed by atoms with van der Waals surface area (Å²) >= 11 is 0. The molecule has 6 heteroatoms. The topological polar surface area (TPSA) is 98.7 Å². The Bertz CT molecular complexity index is 1230. The molecule has 6 nitrogen and oxygen atoms in total. The van der Waals surface area contributed by atoms with E-state index in [0.29, 0.717) is 18.8 Å². The van der Waals surface area contributed by atoms with Crippen molar-refractivity contribution < 1.29 is 19.8 Å². The quantitative estimate of drug-likeness (QED) is 0.0360. The van der Waals surface area contributed by atoms with Crippen molar-refractivity contribution in [2.24, 2.45) is 11.8 Å². The molecule has 0 aliphatic rings. The summed E-state index contributed by atoms with van der Waals surface area (Å²) in [6.45, 7) is 9.84. The van der Waals surface area contributed by atoms with Crippen molar-refractivity contribution >= 4 is 11.8 Å². The van der Waals surface area contributed by atoms with Crippen LogP contribution in [-0.2, 0) is 9.59 Å². The number of aliphatic hydroxyl groups is 2. The number of hydrogen-bond acceptors (Lipinski definition) is 4. The van der Waals surface area contributed by atoms with Gasteiger partial charge >= 0.3 is 0 Å². The van der Waals surface area contributed by atoms with Crippen LogP contribution in [0.3, 0.4) is 0 Å². The Morgan fingerprint density at radius 2 is 0.797 bits per heavy atom. The zero-order valence-electron chi connectivity index (χ0n) is 50.3. The highest BCUT2D eigenvalue weighted by Crippen LogP contribution is 2.29. The summed E-state index contributed by atoms with van der Waals surface area (Å²) in [7, 11) is 0. The average molecular weight is 1040 g/mol. The van der Waals surface area contributed by atoms with E-state index in [4.69, 9.17) is 0 Å². The fraction of sp³-hybridized carbons (Fsp3) is 0.882. The lowest BCUT2D eigenvalue weighted by Crippen LogP contribution is -2.45. The first kappa shape index (κ1) is 72.1. The first-order valence-electron chi connectivity index (χ1n) is 33.3. The molecule has 0 radical (unpaired) electrons. The Morgan fingerprint density at radius 3 is 1.28 bits per heavy atom. The van der Waals surface area contributed by atoms with E-state index in [1.165, 1.54) is 263 Å². The first-order valence-corrected chi connectivity index (χ1v) is 33.3. The Morgan fingerprint density at radius 1 is 0.405 bits per heavy atom. The monoisotopic (exact) mass is 1040 g/mol. The summed E-state index contributed by atoms with van der Waals surface area (Å²) in [5, 5.41) is 26.4. The van der Waals surface area contributed by atoms with E-state index in [-0.39, 0.29) is 18.4 Å². The van der Waals surface area contributed by atoms with Crippen LogP contribution in [0.1, 0.15) is 349 Å². The summed E-state index contributed by atoms with van der Waals surface area (Å²) in [6.07, 6.45) is 75.4. The maximum Gasteiger partial charge on any atom is 0.220 e. The molecule has 0 heterocycles. The van der Waals surface area contributed by atoms with Crippen molar-refractivity contribution in [3.63, 3.8) is 0 Å². The van der Waals surface area contributed by atoms with Gasteiger partial charge in [0.15, 0.2) is 0 Å². The van der Waals surface area contributed by atoms with Gasteiger partial charge in [-0.25, -0.2) is 0 Å². The molecule has 436 valence electrons. The van der Waals surface area contributed by atoms with Gasteiger partial charge in [0.1, 0.15) is 0 Å². The molecule has 0 saturated heterocycles. The second kappa shape index (κ2) is 60.3. The molecule has 0 rings (SSSR count). The lowest BCUT2D eigenvalue weighted by Gasteiger charge is -2.24. The van der Waals surface area contributed by atoms with Crippen LogP contribution in [0.4, 0.5) is 0 Å². The van der Waals surface area contributed by atoms with Crippen LogP contribution in [0.5, 0.6) is 0 Å². The predicted octanol–water partition coefficient (Wildman–Crippen LogP) is 20.4. The van der Waals surface area contributed by atoms with Crippen LogP contribution >= 0.6 is 0 Å². The highest BCUT2D eigenvalue weighted by atomic mass is 16.3. The molecule has 0 aliphatic carbocycles. The van der Waals surface area contributed by atoms with Crippen LogP contribution < -0.4 is 10.6 Å². The van der Waals surface area contributed by atoms with Crippen molar-refractivity contribution in [2.75, 3.05) is 13.2 Å². The van der Waals surface area contributed by atoms with Crippen LogP contribution in [0.2, 0.25) is 0 Å². The van der Waals surface area contributed by atoms with Crippen molar-refractivity contribution in [1.82, 2.24) is 10.6 Å².